The molecular weight excluding hydrogens is 368 g/mol. The summed E-state index contributed by atoms with van der Waals surface area (Å²) >= 11 is 0. The number of para-hydroxylation sites is 1. The normalized spacial score (nSPS) is 17.3. The van der Waals surface area contributed by atoms with Crippen molar-refractivity contribution in [2.24, 2.45) is 5.92 Å². The Kier molecular flexibility index (Phi) is 5.46. The summed E-state index contributed by atoms with van der Waals surface area (Å²) in [5.74, 6) is -1.75. The number of benzene rings is 2. The second-order valence-corrected chi connectivity index (χ2v) is 8.11. The molecule has 1 amide bonds. The first kappa shape index (κ1) is 18.9. The molecule has 142 valence electrons. The Balaban J connectivity index is 1.73. The number of nitrogens with zero attached hydrogens (tertiary/aromatic N) is 1. The van der Waals surface area contributed by atoms with Crippen molar-refractivity contribution < 1.29 is 23.1 Å². The lowest BCUT2D eigenvalue weighted by Crippen LogP contribution is -2.42. The van der Waals surface area contributed by atoms with Gasteiger partial charge in [-0.1, -0.05) is 18.2 Å². The van der Waals surface area contributed by atoms with E-state index in [1.54, 1.807) is 30.3 Å². The molecule has 1 heterocycles. The number of carboxylic acid groups (broad SMARTS) is 1. The summed E-state index contributed by atoms with van der Waals surface area (Å²) in [5, 5.41) is 9.14. The molecule has 27 heavy (non-hydrogen) atoms. The molecule has 1 aliphatic rings. The number of sulfonamides is 1. The molecule has 2 N–H and O–H groups in total. The van der Waals surface area contributed by atoms with E-state index in [0.717, 1.165) is 0 Å². The Morgan fingerprint density at radius 3 is 2.33 bits per heavy atom. The zero-order valence-electron chi connectivity index (χ0n) is 14.5. The smallest absolute Gasteiger partial charge is 0.308 e. The maximum atomic E-state index is 12.6. The van der Waals surface area contributed by atoms with Crippen molar-refractivity contribution in [3.05, 3.63) is 60.2 Å². The molecule has 1 atom stereocenters. The van der Waals surface area contributed by atoms with Crippen LogP contribution in [0, 0.1) is 5.92 Å². The number of nitrogens with one attached hydrogen (secondary N) is 1. The third-order valence-corrected chi connectivity index (χ3v) is 5.89. The third kappa shape index (κ3) is 4.46. The van der Waals surface area contributed by atoms with Crippen molar-refractivity contribution in [1.82, 2.24) is 4.90 Å². The first-order valence-corrected chi connectivity index (χ1v) is 10.0. The Labute approximate surface area is 157 Å². The molecule has 1 aliphatic heterocycles. The fourth-order valence-corrected chi connectivity index (χ4v) is 4.10. The highest BCUT2D eigenvalue weighted by Gasteiger charge is 2.28. The van der Waals surface area contributed by atoms with Crippen LogP contribution in [0.5, 0.6) is 0 Å². The summed E-state index contributed by atoms with van der Waals surface area (Å²) in [5.41, 5.74) is 0.783. The van der Waals surface area contributed by atoms with E-state index >= 15 is 0 Å². The summed E-state index contributed by atoms with van der Waals surface area (Å²) in [6, 6.07) is 14.2. The van der Waals surface area contributed by atoms with Crippen LogP contribution < -0.4 is 4.72 Å². The van der Waals surface area contributed by atoms with Crippen molar-refractivity contribution in [2.75, 3.05) is 17.8 Å². The van der Waals surface area contributed by atoms with Gasteiger partial charge in [0.1, 0.15) is 0 Å². The van der Waals surface area contributed by atoms with Gasteiger partial charge in [0.05, 0.1) is 10.8 Å². The van der Waals surface area contributed by atoms with Gasteiger partial charge in [-0.05, 0) is 49.2 Å². The fourth-order valence-electron chi connectivity index (χ4n) is 3.04. The van der Waals surface area contributed by atoms with Crippen molar-refractivity contribution in [3.8, 4) is 0 Å². The van der Waals surface area contributed by atoms with Gasteiger partial charge in [0, 0.05) is 24.3 Å². The molecule has 2 aromatic carbocycles. The average Bonchev–Trinajstić information content (AvgIpc) is 2.68. The lowest BCUT2D eigenvalue weighted by atomic mass is 9.97. The SMILES string of the molecule is O=C(O)C1CCCN(C(=O)c2ccc(S(=O)(=O)Nc3ccccc3)cc2)C1. The van der Waals surface area contributed by atoms with Crippen LogP contribution >= 0.6 is 0 Å². The number of carboxylic acids is 1. The minimum atomic E-state index is -3.75. The number of carbonyl (C=O) groups excluding carboxylic acids is 1. The number of hydrogen-bond acceptors (Lipinski definition) is 4. The largest absolute Gasteiger partial charge is 0.481 e. The van der Waals surface area contributed by atoms with E-state index in [4.69, 9.17) is 5.11 Å². The Hall–Kier alpha value is -2.87. The molecule has 2 aromatic rings. The van der Waals surface area contributed by atoms with Crippen molar-refractivity contribution in [1.29, 1.82) is 0 Å². The van der Waals surface area contributed by atoms with Crippen LogP contribution in [0.2, 0.25) is 0 Å². The number of likely N-dealkylation sites (tertiary alicyclic amines) is 1. The summed E-state index contributed by atoms with van der Waals surface area (Å²) in [6.45, 7) is 0.669. The molecule has 0 aliphatic carbocycles. The first-order chi connectivity index (χ1) is 12.9. The molecule has 1 unspecified atom stereocenters. The molecule has 0 aromatic heterocycles. The second-order valence-electron chi connectivity index (χ2n) is 6.42. The summed E-state index contributed by atoms with van der Waals surface area (Å²) in [4.78, 5) is 25.3. The number of hydrogen-bond donors (Lipinski definition) is 2. The highest BCUT2D eigenvalue weighted by Crippen LogP contribution is 2.20. The quantitative estimate of drug-likeness (QED) is 0.819. The van der Waals surface area contributed by atoms with Crippen molar-refractivity contribution in [2.45, 2.75) is 17.7 Å². The van der Waals surface area contributed by atoms with E-state index in [1.807, 2.05) is 0 Å². The average molecular weight is 388 g/mol. The van der Waals surface area contributed by atoms with Crippen LogP contribution in [0.3, 0.4) is 0 Å². The second kappa shape index (κ2) is 7.79. The van der Waals surface area contributed by atoms with Crippen LogP contribution in [-0.4, -0.2) is 43.4 Å². The van der Waals surface area contributed by atoms with Crippen molar-refractivity contribution in [3.63, 3.8) is 0 Å². The molecule has 0 bridgehead atoms. The van der Waals surface area contributed by atoms with Crippen LogP contribution in [0.4, 0.5) is 5.69 Å². The standard InChI is InChI=1S/C19H20N2O5S/c22-18(21-12-4-5-15(13-21)19(23)24)14-8-10-17(11-9-14)27(25,26)20-16-6-2-1-3-7-16/h1-3,6-11,15,20H,4-5,12-13H2,(H,23,24). The van der Waals surface area contributed by atoms with Crippen LogP contribution in [-0.2, 0) is 14.8 Å². The summed E-state index contributed by atoms with van der Waals surface area (Å²) in [7, 11) is -3.75. The predicted molar refractivity (Wildman–Crippen MR) is 100.0 cm³/mol. The monoisotopic (exact) mass is 388 g/mol. The molecule has 7 nitrogen and oxygen atoms in total. The van der Waals surface area contributed by atoms with Gasteiger partial charge >= 0.3 is 5.97 Å². The number of aliphatic carboxylic acids is 1. The van der Waals surface area contributed by atoms with E-state index in [0.29, 0.717) is 30.6 Å². The Morgan fingerprint density at radius 1 is 1.04 bits per heavy atom. The summed E-state index contributed by atoms with van der Waals surface area (Å²) < 4.78 is 27.3. The molecule has 1 saturated heterocycles. The Bertz CT molecular complexity index is 926. The van der Waals surface area contributed by atoms with Crippen LogP contribution in [0.25, 0.3) is 0 Å². The van der Waals surface area contributed by atoms with Gasteiger partial charge in [-0.3, -0.25) is 14.3 Å². The fraction of sp³-hybridized carbons (Fsp3) is 0.263. The van der Waals surface area contributed by atoms with E-state index in [-0.39, 0.29) is 17.3 Å². The van der Waals surface area contributed by atoms with Crippen LogP contribution in [0.15, 0.2) is 59.5 Å². The van der Waals surface area contributed by atoms with Gasteiger partial charge in [-0.2, -0.15) is 0 Å². The lowest BCUT2D eigenvalue weighted by molar-refractivity contribution is -0.143. The summed E-state index contributed by atoms with van der Waals surface area (Å²) in [6.07, 6.45) is 1.19. The van der Waals surface area contributed by atoms with E-state index in [1.165, 1.54) is 29.2 Å². The number of anilines is 1. The van der Waals surface area contributed by atoms with E-state index in [2.05, 4.69) is 4.72 Å². The first-order valence-electron chi connectivity index (χ1n) is 8.57. The van der Waals surface area contributed by atoms with E-state index < -0.39 is 21.9 Å². The van der Waals surface area contributed by atoms with Gasteiger partial charge in [0.25, 0.3) is 15.9 Å². The molecule has 0 spiro atoms. The van der Waals surface area contributed by atoms with Gasteiger partial charge in [0.2, 0.25) is 0 Å². The molecule has 8 heteroatoms. The molecule has 0 radical (unpaired) electrons. The zero-order valence-corrected chi connectivity index (χ0v) is 15.4. The zero-order chi connectivity index (χ0) is 19.4. The van der Waals surface area contributed by atoms with Gasteiger partial charge < -0.3 is 10.0 Å². The third-order valence-electron chi connectivity index (χ3n) is 4.50. The topological polar surface area (TPSA) is 104 Å². The number of rotatable bonds is 5. The van der Waals surface area contributed by atoms with Crippen LogP contribution in [0.1, 0.15) is 23.2 Å². The predicted octanol–water partition coefficient (Wildman–Crippen LogP) is 2.42. The number of amides is 1. The minimum absolute atomic E-state index is 0.0463. The molecular formula is C19H20N2O5S. The van der Waals surface area contributed by atoms with Gasteiger partial charge in [-0.15, -0.1) is 0 Å². The Morgan fingerprint density at radius 2 is 1.70 bits per heavy atom. The van der Waals surface area contributed by atoms with Gasteiger partial charge in [-0.25, -0.2) is 8.42 Å². The maximum Gasteiger partial charge on any atom is 0.308 e. The highest BCUT2D eigenvalue weighted by atomic mass is 32.2. The molecule has 1 fully saturated rings. The number of carbonyl (C=O) groups is 2. The minimum Gasteiger partial charge on any atom is -0.481 e. The molecule has 0 saturated carbocycles. The van der Waals surface area contributed by atoms with Crippen molar-refractivity contribution >= 4 is 27.6 Å². The highest BCUT2D eigenvalue weighted by molar-refractivity contribution is 7.92. The number of piperidine rings is 1. The lowest BCUT2D eigenvalue weighted by Gasteiger charge is -2.30. The maximum absolute atomic E-state index is 12.6. The van der Waals surface area contributed by atoms with Gasteiger partial charge in [0.15, 0.2) is 0 Å². The molecule has 3 rings (SSSR count). The van der Waals surface area contributed by atoms with E-state index in [9.17, 15) is 18.0 Å².